The van der Waals surface area contributed by atoms with Crippen LogP contribution < -0.4 is 9.64 Å². The molecule has 0 fully saturated rings. The van der Waals surface area contributed by atoms with Crippen molar-refractivity contribution in [2.45, 2.75) is 20.4 Å². The normalized spacial score (nSPS) is 10.9. The zero-order valence-corrected chi connectivity index (χ0v) is 19.9. The van der Waals surface area contributed by atoms with Gasteiger partial charge in [-0.05, 0) is 66.9 Å². The number of benzene rings is 4. The number of thiazole rings is 1. The fourth-order valence-corrected chi connectivity index (χ4v) is 4.96. The molecule has 0 spiro atoms. The summed E-state index contributed by atoms with van der Waals surface area (Å²) in [4.78, 5) is 20.4. The number of anilines is 1. The maximum absolute atomic E-state index is 13.8. The van der Waals surface area contributed by atoms with Gasteiger partial charge in [-0.2, -0.15) is 0 Å². The van der Waals surface area contributed by atoms with E-state index in [9.17, 15) is 4.79 Å². The van der Waals surface area contributed by atoms with E-state index in [0.29, 0.717) is 23.0 Å². The molecule has 0 saturated carbocycles. The number of rotatable bonds is 6. The lowest BCUT2D eigenvalue weighted by Crippen LogP contribution is -2.30. The van der Waals surface area contributed by atoms with Gasteiger partial charge >= 0.3 is 0 Å². The van der Waals surface area contributed by atoms with Crippen molar-refractivity contribution in [1.29, 1.82) is 0 Å². The van der Waals surface area contributed by atoms with Crippen LogP contribution in [-0.4, -0.2) is 10.9 Å². The Balaban J connectivity index is 1.52. The number of fused-ring (bicyclic) bond motifs is 1. The quantitative estimate of drug-likeness (QED) is 0.260. The van der Waals surface area contributed by atoms with Crippen LogP contribution in [0.5, 0.6) is 11.5 Å². The van der Waals surface area contributed by atoms with Gasteiger partial charge in [-0.1, -0.05) is 72.0 Å². The number of ether oxygens (including phenoxy) is 1. The summed E-state index contributed by atoms with van der Waals surface area (Å²) < 4.78 is 7.07. The van der Waals surface area contributed by atoms with Gasteiger partial charge in [0, 0.05) is 5.56 Å². The fourth-order valence-electron chi connectivity index (χ4n) is 3.95. The third-order valence-corrected chi connectivity index (χ3v) is 6.76. The minimum absolute atomic E-state index is 0.115. The Bertz CT molecular complexity index is 1450. The standard InChI is InChI=1S/C29H24N2O2S/c1-20-16-21(2)27-26(17-20)30-29(34-27)31(19-22-10-5-3-6-11-22)28(32)23-12-9-15-25(18-23)33-24-13-7-4-8-14-24/h3-18H,19H2,1-2H3. The van der Waals surface area contributed by atoms with E-state index < -0.39 is 0 Å². The van der Waals surface area contributed by atoms with Crippen molar-refractivity contribution in [3.8, 4) is 11.5 Å². The molecule has 34 heavy (non-hydrogen) atoms. The van der Waals surface area contributed by atoms with Crippen molar-refractivity contribution >= 4 is 32.6 Å². The minimum atomic E-state index is -0.115. The van der Waals surface area contributed by atoms with E-state index in [4.69, 9.17) is 9.72 Å². The number of amides is 1. The molecule has 0 atom stereocenters. The van der Waals surface area contributed by atoms with Crippen LogP contribution in [0.25, 0.3) is 10.2 Å². The highest BCUT2D eigenvalue weighted by Gasteiger charge is 2.23. The van der Waals surface area contributed by atoms with E-state index in [2.05, 4.69) is 26.0 Å². The van der Waals surface area contributed by atoms with Crippen LogP contribution in [-0.2, 0) is 6.54 Å². The van der Waals surface area contributed by atoms with Gasteiger partial charge in [0.2, 0.25) is 0 Å². The average Bonchev–Trinajstić information content (AvgIpc) is 3.28. The fraction of sp³-hybridized carbons (Fsp3) is 0.103. The van der Waals surface area contributed by atoms with E-state index in [-0.39, 0.29) is 5.91 Å². The van der Waals surface area contributed by atoms with Gasteiger partial charge in [-0.15, -0.1) is 0 Å². The maximum atomic E-state index is 13.8. The van der Waals surface area contributed by atoms with Crippen molar-refractivity contribution in [2.24, 2.45) is 0 Å². The van der Waals surface area contributed by atoms with Crippen molar-refractivity contribution in [3.05, 3.63) is 119 Å². The zero-order valence-electron chi connectivity index (χ0n) is 19.1. The Morgan fingerprint density at radius 1 is 0.853 bits per heavy atom. The molecule has 0 aliphatic rings. The summed E-state index contributed by atoms with van der Waals surface area (Å²) in [7, 11) is 0. The van der Waals surface area contributed by atoms with Crippen LogP contribution in [0.2, 0.25) is 0 Å². The Hall–Kier alpha value is -3.96. The second-order valence-electron chi connectivity index (χ2n) is 8.25. The molecule has 5 aromatic rings. The second kappa shape index (κ2) is 9.49. The third kappa shape index (κ3) is 4.70. The molecule has 5 heteroatoms. The molecule has 1 amide bonds. The Morgan fingerprint density at radius 3 is 2.32 bits per heavy atom. The highest BCUT2D eigenvalue weighted by Crippen LogP contribution is 2.34. The van der Waals surface area contributed by atoms with Crippen molar-refractivity contribution in [3.63, 3.8) is 0 Å². The predicted molar refractivity (Wildman–Crippen MR) is 139 cm³/mol. The van der Waals surface area contributed by atoms with Gasteiger partial charge in [-0.25, -0.2) is 4.98 Å². The first-order chi connectivity index (χ1) is 16.6. The highest BCUT2D eigenvalue weighted by molar-refractivity contribution is 7.22. The van der Waals surface area contributed by atoms with Crippen molar-refractivity contribution in [2.75, 3.05) is 4.90 Å². The first kappa shape index (κ1) is 21.9. The number of nitrogens with zero attached hydrogens (tertiary/aromatic N) is 2. The van der Waals surface area contributed by atoms with E-state index in [1.54, 1.807) is 22.3 Å². The third-order valence-electron chi connectivity index (χ3n) is 5.53. The lowest BCUT2D eigenvalue weighted by atomic mass is 10.1. The summed E-state index contributed by atoms with van der Waals surface area (Å²) >= 11 is 1.55. The van der Waals surface area contributed by atoms with Gasteiger partial charge in [0.15, 0.2) is 5.13 Å². The second-order valence-corrected chi connectivity index (χ2v) is 9.22. The smallest absolute Gasteiger partial charge is 0.260 e. The largest absolute Gasteiger partial charge is 0.457 e. The van der Waals surface area contributed by atoms with Crippen LogP contribution >= 0.6 is 11.3 Å². The molecule has 4 aromatic carbocycles. The van der Waals surface area contributed by atoms with Gasteiger partial charge in [0.1, 0.15) is 11.5 Å². The molecule has 1 aromatic heterocycles. The van der Waals surface area contributed by atoms with E-state index in [1.165, 1.54) is 5.56 Å². The summed E-state index contributed by atoms with van der Waals surface area (Å²) in [5.41, 5.74) is 4.85. The number of aromatic nitrogens is 1. The van der Waals surface area contributed by atoms with Gasteiger partial charge in [-0.3, -0.25) is 9.69 Å². The molecule has 0 aliphatic carbocycles. The molecule has 0 unspecified atom stereocenters. The van der Waals surface area contributed by atoms with Crippen LogP contribution in [0.3, 0.4) is 0 Å². The van der Waals surface area contributed by atoms with Crippen LogP contribution in [0.1, 0.15) is 27.0 Å². The average molecular weight is 465 g/mol. The number of para-hydroxylation sites is 1. The van der Waals surface area contributed by atoms with Crippen LogP contribution in [0, 0.1) is 13.8 Å². The van der Waals surface area contributed by atoms with Crippen LogP contribution in [0.4, 0.5) is 5.13 Å². The Kier molecular flexibility index (Phi) is 6.11. The lowest BCUT2D eigenvalue weighted by Gasteiger charge is -2.20. The minimum Gasteiger partial charge on any atom is -0.457 e. The molecule has 0 N–H and O–H groups in total. The van der Waals surface area contributed by atoms with E-state index in [0.717, 1.165) is 27.1 Å². The van der Waals surface area contributed by atoms with Gasteiger partial charge < -0.3 is 4.74 Å². The van der Waals surface area contributed by atoms with E-state index >= 15 is 0 Å². The van der Waals surface area contributed by atoms with Gasteiger partial charge in [0.05, 0.1) is 16.8 Å². The summed E-state index contributed by atoms with van der Waals surface area (Å²) in [6.45, 7) is 4.59. The molecule has 0 radical (unpaired) electrons. The molecule has 1 heterocycles. The number of carbonyl (C=O) groups is 1. The van der Waals surface area contributed by atoms with E-state index in [1.807, 2.05) is 78.9 Å². The number of hydrogen-bond donors (Lipinski definition) is 0. The summed E-state index contributed by atoms with van der Waals surface area (Å²) in [6, 6.07) is 31.1. The first-order valence-electron chi connectivity index (χ1n) is 11.1. The topological polar surface area (TPSA) is 42.4 Å². The molecule has 0 saturated heterocycles. The monoisotopic (exact) mass is 464 g/mol. The highest BCUT2D eigenvalue weighted by atomic mass is 32.1. The maximum Gasteiger partial charge on any atom is 0.260 e. The Labute approximate surface area is 203 Å². The zero-order chi connectivity index (χ0) is 23.5. The molecule has 4 nitrogen and oxygen atoms in total. The summed E-state index contributed by atoms with van der Waals surface area (Å²) in [5.74, 6) is 1.23. The number of aryl methyl sites for hydroxylation is 2. The van der Waals surface area contributed by atoms with Crippen LogP contribution in [0.15, 0.2) is 97.1 Å². The number of carbonyl (C=O) groups excluding carboxylic acids is 1. The van der Waals surface area contributed by atoms with Crippen molar-refractivity contribution < 1.29 is 9.53 Å². The summed E-state index contributed by atoms with van der Waals surface area (Å²) in [5, 5.41) is 0.687. The lowest BCUT2D eigenvalue weighted by molar-refractivity contribution is 0.0985. The predicted octanol–water partition coefficient (Wildman–Crippen LogP) is 7.55. The first-order valence-corrected chi connectivity index (χ1v) is 11.9. The Morgan fingerprint density at radius 2 is 1.56 bits per heavy atom. The molecule has 168 valence electrons. The molecular weight excluding hydrogens is 440 g/mol. The molecule has 0 bridgehead atoms. The molecular formula is C29H24N2O2S. The summed E-state index contributed by atoms with van der Waals surface area (Å²) in [6.07, 6.45) is 0. The molecule has 0 aliphatic heterocycles. The van der Waals surface area contributed by atoms with Gasteiger partial charge in [0.25, 0.3) is 5.91 Å². The van der Waals surface area contributed by atoms with Crippen molar-refractivity contribution in [1.82, 2.24) is 4.98 Å². The molecule has 5 rings (SSSR count). The SMILES string of the molecule is Cc1cc(C)c2sc(N(Cc3ccccc3)C(=O)c3cccc(Oc4ccccc4)c3)nc2c1. The number of hydrogen-bond acceptors (Lipinski definition) is 4.